The Kier molecular flexibility index (Phi) is 5.17. The van der Waals surface area contributed by atoms with E-state index in [0.717, 1.165) is 0 Å². The topological polar surface area (TPSA) is 78.9 Å². The first-order valence-corrected chi connectivity index (χ1v) is 6.69. The van der Waals surface area contributed by atoms with Crippen LogP contribution in [0.4, 0.5) is 4.79 Å². The molecule has 1 saturated heterocycles. The van der Waals surface area contributed by atoms with E-state index in [-0.39, 0.29) is 6.04 Å². The summed E-state index contributed by atoms with van der Waals surface area (Å²) in [6, 6.07) is -0.493. The largest absolute Gasteiger partial charge is 0.480 e. The molecule has 110 valence electrons. The molecular formula is C13H24N2O4. The Morgan fingerprint density at radius 3 is 2.47 bits per heavy atom. The highest BCUT2D eigenvalue weighted by Gasteiger charge is 2.33. The van der Waals surface area contributed by atoms with Crippen molar-refractivity contribution in [3.63, 3.8) is 0 Å². The quantitative estimate of drug-likeness (QED) is 0.813. The number of amides is 1. The Bertz CT molecular complexity index is 338. The van der Waals surface area contributed by atoms with Crippen molar-refractivity contribution < 1.29 is 19.4 Å². The van der Waals surface area contributed by atoms with E-state index in [4.69, 9.17) is 9.84 Å². The smallest absolute Gasteiger partial charge is 0.407 e. The van der Waals surface area contributed by atoms with E-state index in [9.17, 15) is 9.59 Å². The lowest BCUT2D eigenvalue weighted by molar-refractivity contribution is -0.144. The molecule has 1 aliphatic rings. The van der Waals surface area contributed by atoms with Gasteiger partial charge in [-0.1, -0.05) is 6.92 Å². The molecule has 1 amide bonds. The highest BCUT2D eigenvalue weighted by Crippen LogP contribution is 2.18. The van der Waals surface area contributed by atoms with Crippen LogP contribution in [0, 0.1) is 0 Å². The van der Waals surface area contributed by atoms with Gasteiger partial charge in [0, 0.05) is 12.6 Å². The molecule has 0 saturated carbocycles. The third kappa shape index (κ3) is 5.06. The number of likely N-dealkylation sites (tertiary alicyclic amines) is 1. The average Bonchev–Trinajstić information content (AvgIpc) is 2.25. The first-order valence-electron chi connectivity index (χ1n) is 6.69. The lowest BCUT2D eigenvalue weighted by atomic mass is 9.98. The van der Waals surface area contributed by atoms with Crippen LogP contribution in [-0.2, 0) is 9.53 Å². The van der Waals surface area contributed by atoms with Crippen LogP contribution in [0.2, 0.25) is 0 Å². The van der Waals surface area contributed by atoms with E-state index in [2.05, 4.69) is 5.32 Å². The summed E-state index contributed by atoms with van der Waals surface area (Å²) in [6.07, 6.45) is 0.762. The van der Waals surface area contributed by atoms with Crippen LogP contribution in [0.25, 0.3) is 0 Å². The molecule has 6 heteroatoms. The third-order valence-electron chi connectivity index (χ3n) is 3.10. The maximum atomic E-state index is 11.7. The first-order chi connectivity index (χ1) is 8.73. The van der Waals surface area contributed by atoms with Crippen molar-refractivity contribution >= 4 is 12.1 Å². The highest BCUT2D eigenvalue weighted by atomic mass is 16.6. The van der Waals surface area contributed by atoms with Gasteiger partial charge in [-0.15, -0.1) is 0 Å². The molecule has 1 fully saturated rings. The molecule has 2 N–H and O–H groups in total. The van der Waals surface area contributed by atoms with Crippen molar-refractivity contribution in [1.82, 2.24) is 10.2 Å². The Morgan fingerprint density at radius 1 is 1.37 bits per heavy atom. The fourth-order valence-corrected chi connectivity index (χ4v) is 2.26. The standard InChI is InChI=1S/C13H24N2O4/c1-5-15-8-9(6-7-10(15)11(16)17)14-12(18)19-13(2,3)4/h9-10H,5-8H2,1-4H3,(H,14,18)(H,16,17)/t9-,10+/m1/s1. The second-order valence-electron chi connectivity index (χ2n) is 5.86. The van der Waals surface area contributed by atoms with Crippen LogP contribution in [0.1, 0.15) is 40.5 Å². The van der Waals surface area contributed by atoms with Gasteiger partial charge in [0.15, 0.2) is 0 Å². The van der Waals surface area contributed by atoms with Gasteiger partial charge in [-0.25, -0.2) is 4.79 Å². The van der Waals surface area contributed by atoms with Crippen LogP contribution >= 0.6 is 0 Å². The van der Waals surface area contributed by atoms with Gasteiger partial charge in [-0.05, 0) is 40.2 Å². The summed E-state index contributed by atoms with van der Waals surface area (Å²) in [5.74, 6) is -0.794. The lowest BCUT2D eigenvalue weighted by Gasteiger charge is -2.37. The molecule has 0 aliphatic carbocycles. The zero-order valence-corrected chi connectivity index (χ0v) is 12.1. The molecule has 0 aromatic rings. The normalized spacial score (nSPS) is 24.8. The van der Waals surface area contributed by atoms with Crippen LogP contribution in [0.5, 0.6) is 0 Å². The summed E-state index contributed by atoms with van der Waals surface area (Å²) in [4.78, 5) is 24.6. The van der Waals surface area contributed by atoms with E-state index in [1.54, 1.807) is 0 Å². The monoisotopic (exact) mass is 272 g/mol. The highest BCUT2D eigenvalue weighted by molar-refractivity contribution is 5.73. The van der Waals surface area contributed by atoms with Gasteiger partial charge in [-0.3, -0.25) is 9.69 Å². The van der Waals surface area contributed by atoms with Gasteiger partial charge in [0.25, 0.3) is 0 Å². The minimum Gasteiger partial charge on any atom is -0.480 e. The van der Waals surface area contributed by atoms with E-state index in [1.807, 2.05) is 32.6 Å². The number of aliphatic carboxylic acids is 1. The summed E-state index contributed by atoms with van der Waals surface area (Å²) in [5.41, 5.74) is -0.521. The first kappa shape index (κ1) is 15.8. The molecule has 19 heavy (non-hydrogen) atoms. The van der Waals surface area contributed by atoms with Crippen molar-refractivity contribution in [2.75, 3.05) is 13.1 Å². The molecule has 0 bridgehead atoms. The second kappa shape index (κ2) is 6.23. The zero-order chi connectivity index (χ0) is 14.6. The summed E-state index contributed by atoms with van der Waals surface area (Å²) in [6.45, 7) is 8.56. The number of ether oxygens (including phenoxy) is 1. The van der Waals surface area contributed by atoms with Crippen molar-refractivity contribution in [3.05, 3.63) is 0 Å². The summed E-state index contributed by atoms with van der Waals surface area (Å²) >= 11 is 0. The van der Waals surface area contributed by atoms with Crippen LogP contribution in [0.15, 0.2) is 0 Å². The molecule has 1 heterocycles. The van der Waals surface area contributed by atoms with Gasteiger partial charge in [-0.2, -0.15) is 0 Å². The number of carboxylic acids is 1. The molecule has 1 aliphatic heterocycles. The molecule has 1 rings (SSSR count). The molecule has 0 radical (unpaired) electrons. The maximum Gasteiger partial charge on any atom is 0.407 e. The number of carbonyl (C=O) groups is 2. The molecule has 0 aromatic heterocycles. The minimum atomic E-state index is -0.794. The Hall–Kier alpha value is -1.30. The van der Waals surface area contributed by atoms with E-state index >= 15 is 0 Å². The second-order valence-corrected chi connectivity index (χ2v) is 5.86. The van der Waals surface area contributed by atoms with Crippen LogP contribution in [-0.4, -0.2) is 52.8 Å². The molecular weight excluding hydrogens is 248 g/mol. The fraction of sp³-hybridized carbons (Fsp3) is 0.846. The van der Waals surface area contributed by atoms with Gasteiger partial charge in [0.1, 0.15) is 11.6 Å². The van der Waals surface area contributed by atoms with Crippen LogP contribution < -0.4 is 5.32 Å². The molecule has 0 spiro atoms. The van der Waals surface area contributed by atoms with Gasteiger partial charge < -0.3 is 15.2 Å². The number of likely N-dealkylation sites (N-methyl/N-ethyl adjacent to an activating group) is 1. The number of nitrogens with one attached hydrogen (secondary N) is 1. The number of hydrogen-bond acceptors (Lipinski definition) is 4. The van der Waals surface area contributed by atoms with E-state index in [0.29, 0.717) is 25.9 Å². The third-order valence-corrected chi connectivity index (χ3v) is 3.10. The van der Waals surface area contributed by atoms with Crippen molar-refractivity contribution in [1.29, 1.82) is 0 Å². The van der Waals surface area contributed by atoms with Gasteiger partial charge >= 0.3 is 12.1 Å². The van der Waals surface area contributed by atoms with Gasteiger partial charge in [0.2, 0.25) is 0 Å². The summed E-state index contributed by atoms with van der Waals surface area (Å²) in [5, 5.41) is 11.9. The van der Waals surface area contributed by atoms with Crippen molar-refractivity contribution in [2.45, 2.75) is 58.2 Å². The van der Waals surface area contributed by atoms with Gasteiger partial charge in [0.05, 0.1) is 0 Å². The number of alkyl carbamates (subject to hydrolysis) is 1. The zero-order valence-electron chi connectivity index (χ0n) is 12.1. The lowest BCUT2D eigenvalue weighted by Crippen LogP contribution is -2.54. The van der Waals surface area contributed by atoms with Crippen molar-refractivity contribution in [3.8, 4) is 0 Å². The van der Waals surface area contributed by atoms with Crippen LogP contribution in [0.3, 0.4) is 0 Å². The Balaban J connectivity index is 2.50. The Labute approximate surface area is 114 Å². The number of carboxylic acid groups (broad SMARTS) is 1. The molecule has 0 aromatic carbocycles. The SMILES string of the molecule is CCN1C[C@H](NC(=O)OC(C)(C)C)CC[C@H]1C(=O)O. The summed E-state index contributed by atoms with van der Waals surface area (Å²) in [7, 11) is 0. The number of nitrogens with zero attached hydrogens (tertiary/aromatic N) is 1. The predicted molar refractivity (Wildman–Crippen MR) is 71.1 cm³/mol. The minimum absolute atomic E-state index is 0.0506. The number of hydrogen-bond donors (Lipinski definition) is 2. The van der Waals surface area contributed by atoms with E-state index in [1.165, 1.54) is 0 Å². The fourth-order valence-electron chi connectivity index (χ4n) is 2.26. The molecule has 2 atom stereocenters. The molecule has 6 nitrogen and oxygen atoms in total. The number of piperidine rings is 1. The summed E-state index contributed by atoms with van der Waals surface area (Å²) < 4.78 is 5.20. The molecule has 0 unspecified atom stereocenters. The number of rotatable bonds is 3. The predicted octanol–water partition coefficient (Wildman–Crippen LogP) is 1.45. The number of carbonyl (C=O) groups excluding carboxylic acids is 1. The maximum absolute atomic E-state index is 11.7. The Morgan fingerprint density at radius 2 is 2.00 bits per heavy atom. The average molecular weight is 272 g/mol. The van der Waals surface area contributed by atoms with Crippen molar-refractivity contribution in [2.24, 2.45) is 0 Å². The van der Waals surface area contributed by atoms with E-state index < -0.39 is 23.7 Å².